The fourth-order valence-corrected chi connectivity index (χ4v) is 4.40. The molecule has 1 fully saturated rings. The quantitative estimate of drug-likeness (QED) is 0.297. The average molecular weight is 511 g/mol. The van der Waals surface area contributed by atoms with Gasteiger partial charge >= 0.3 is 5.97 Å². The molecule has 1 aliphatic heterocycles. The van der Waals surface area contributed by atoms with E-state index in [1.54, 1.807) is 67.7 Å². The van der Waals surface area contributed by atoms with E-state index in [2.05, 4.69) is 4.99 Å². The molecule has 178 valence electrons. The number of ether oxygens (including phenoxy) is 2. The Bertz CT molecular complexity index is 1320. The molecule has 0 N–H and O–H groups in total. The molecule has 3 aromatic carbocycles. The zero-order chi connectivity index (χ0) is 24.9. The van der Waals surface area contributed by atoms with Gasteiger partial charge in [-0.1, -0.05) is 29.8 Å². The summed E-state index contributed by atoms with van der Waals surface area (Å²) in [6.07, 6.45) is 1.74. The van der Waals surface area contributed by atoms with Gasteiger partial charge in [-0.3, -0.25) is 9.69 Å². The second-order valence-corrected chi connectivity index (χ2v) is 8.93. The van der Waals surface area contributed by atoms with Gasteiger partial charge in [0.25, 0.3) is 5.91 Å². The van der Waals surface area contributed by atoms with Crippen LogP contribution in [-0.2, 0) is 16.1 Å². The molecule has 0 atom stereocenters. The van der Waals surface area contributed by atoms with Crippen molar-refractivity contribution in [2.24, 2.45) is 4.99 Å². The Morgan fingerprint density at radius 3 is 2.49 bits per heavy atom. The van der Waals surface area contributed by atoms with Crippen LogP contribution in [0, 0.1) is 5.82 Å². The number of hydrogen-bond acceptors (Lipinski definition) is 6. The third-order valence-electron chi connectivity index (χ3n) is 5.08. The Morgan fingerprint density at radius 1 is 1.11 bits per heavy atom. The summed E-state index contributed by atoms with van der Waals surface area (Å²) in [4.78, 5) is 30.8. The molecule has 3 aromatic rings. The van der Waals surface area contributed by atoms with Crippen LogP contribution in [-0.4, -0.2) is 36.1 Å². The molecule has 0 saturated carbocycles. The van der Waals surface area contributed by atoms with Gasteiger partial charge in [0.15, 0.2) is 5.17 Å². The Labute approximate surface area is 211 Å². The van der Waals surface area contributed by atoms with E-state index in [0.29, 0.717) is 32.1 Å². The van der Waals surface area contributed by atoms with Gasteiger partial charge in [-0.05, 0) is 77.5 Å². The lowest BCUT2D eigenvalue weighted by molar-refractivity contribution is -0.121. The first-order chi connectivity index (χ1) is 16.8. The van der Waals surface area contributed by atoms with Crippen LogP contribution in [0.2, 0.25) is 5.02 Å². The van der Waals surface area contributed by atoms with Gasteiger partial charge in [0.1, 0.15) is 18.2 Å². The minimum absolute atomic E-state index is 0.187. The van der Waals surface area contributed by atoms with Crippen LogP contribution in [0.15, 0.2) is 76.6 Å². The monoisotopic (exact) mass is 510 g/mol. The number of carbonyl (C=O) groups excluding carboxylic acids is 2. The highest BCUT2D eigenvalue weighted by molar-refractivity contribution is 8.18. The Morgan fingerprint density at radius 2 is 1.83 bits per heavy atom. The highest BCUT2D eigenvalue weighted by Crippen LogP contribution is 2.34. The topological polar surface area (TPSA) is 68.2 Å². The molecule has 1 heterocycles. The third kappa shape index (κ3) is 5.90. The summed E-state index contributed by atoms with van der Waals surface area (Å²) in [6, 6.07) is 17.9. The lowest BCUT2D eigenvalue weighted by atomic mass is 10.2. The Kier molecular flexibility index (Phi) is 7.53. The summed E-state index contributed by atoms with van der Waals surface area (Å²) in [6.45, 7) is 0.250. The van der Waals surface area contributed by atoms with Crippen LogP contribution in [0.4, 0.5) is 10.1 Å². The fraction of sp³-hybridized carbons (Fsp3) is 0.115. The summed E-state index contributed by atoms with van der Waals surface area (Å²) < 4.78 is 23.5. The van der Waals surface area contributed by atoms with Crippen molar-refractivity contribution in [2.45, 2.75) is 6.61 Å². The van der Waals surface area contributed by atoms with Crippen molar-refractivity contribution in [3.63, 3.8) is 0 Å². The molecule has 0 spiro atoms. The third-order valence-corrected chi connectivity index (χ3v) is 6.43. The van der Waals surface area contributed by atoms with Crippen molar-refractivity contribution in [1.29, 1.82) is 0 Å². The highest BCUT2D eigenvalue weighted by Gasteiger charge is 2.30. The van der Waals surface area contributed by atoms with Crippen LogP contribution in [0.25, 0.3) is 6.08 Å². The van der Waals surface area contributed by atoms with Crippen LogP contribution in [0.5, 0.6) is 5.75 Å². The van der Waals surface area contributed by atoms with Crippen molar-refractivity contribution in [3.8, 4) is 5.75 Å². The lowest BCUT2D eigenvalue weighted by Gasteiger charge is -2.09. The van der Waals surface area contributed by atoms with Crippen molar-refractivity contribution < 1.29 is 23.5 Å². The Balaban J connectivity index is 1.46. The molecule has 9 heteroatoms. The van der Waals surface area contributed by atoms with E-state index >= 15 is 0 Å². The van der Waals surface area contributed by atoms with Crippen molar-refractivity contribution in [2.75, 3.05) is 14.2 Å². The SMILES string of the molecule is COC(=O)c1ccc(N=C2S/C(=C\c3ccc(OCc4ccc(F)cc4)c(Cl)c3)C(=O)N2C)cc1. The zero-order valence-corrected chi connectivity index (χ0v) is 20.4. The molecule has 0 bridgehead atoms. The molecule has 4 rings (SSSR count). The minimum atomic E-state index is -0.428. The molecule has 1 saturated heterocycles. The van der Waals surface area contributed by atoms with Gasteiger partial charge in [0.2, 0.25) is 0 Å². The van der Waals surface area contributed by atoms with Crippen molar-refractivity contribution >= 4 is 52.2 Å². The van der Waals surface area contributed by atoms with E-state index in [4.69, 9.17) is 21.1 Å². The number of esters is 1. The first kappa shape index (κ1) is 24.5. The normalized spacial score (nSPS) is 15.7. The van der Waals surface area contributed by atoms with E-state index in [1.165, 1.54) is 35.9 Å². The molecule has 1 aliphatic rings. The largest absolute Gasteiger partial charge is 0.487 e. The average Bonchev–Trinajstić information content (AvgIpc) is 3.12. The zero-order valence-electron chi connectivity index (χ0n) is 18.8. The number of halogens is 2. The Hall–Kier alpha value is -3.62. The van der Waals surface area contributed by atoms with Crippen LogP contribution >= 0.6 is 23.4 Å². The standard InChI is InChI=1S/C26H20ClFN2O4S/c1-30-24(31)23(35-26(30)29-20-10-6-18(7-11-20)25(32)33-2)14-17-5-12-22(21(27)13-17)34-15-16-3-8-19(28)9-4-16/h3-14H,15H2,1-2H3/b23-14-,29-26?. The first-order valence-electron chi connectivity index (χ1n) is 10.5. The smallest absolute Gasteiger partial charge is 0.337 e. The molecule has 35 heavy (non-hydrogen) atoms. The van der Waals surface area contributed by atoms with Gasteiger partial charge in [-0.15, -0.1) is 0 Å². The number of amidine groups is 1. The number of methoxy groups -OCH3 is 1. The highest BCUT2D eigenvalue weighted by atomic mass is 35.5. The number of carbonyl (C=O) groups is 2. The second-order valence-electron chi connectivity index (χ2n) is 7.51. The number of aliphatic imine (C=N–C) groups is 1. The summed E-state index contributed by atoms with van der Waals surface area (Å²) in [5, 5.41) is 0.905. The molecule has 0 aliphatic carbocycles. The second kappa shape index (κ2) is 10.8. The molecule has 0 aromatic heterocycles. The van der Waals surface area contributed by atoms with Gasteiger partial charge in [-0.25, -0.2) is 14.2 Å². The summed E-state index contributed by atoms with van der Waals surface area (Å²) in [7, 11) is 2.97. The van der Waals surface area contributed by atoms with Crippen LogP contribution in [0.3, 0.4) is 0 Å². The van der Waals surface area contributed by atoms with E-state index in [-0.39, 0.29) is 18.3 Å². The molecule has 6 nitrogen and oxygen atoms in total. The predicted octanol–water partition coefficient (Wildman–Crippen LogP) is 6.08. The predicted molar refractivity (Wildman–Crippen MR) is 135 cm³/mol. The van der Waals surface area contributed by atoms with E-state index in [0.717, 1.165) is 11.1 Å². The van der Waals surface area contributed by atoms with Crippen molar-refractivity contribution in [3.05, 3.63) is 99.2 Å². The van der Waals surface area contributed by atoms with E-state index in [1.807, 2.05) is 0 Å². The molecule has 0 radical (unpaired) electrons. The molecule has 1 amide bonds. The number of benzene rings is 3. The van der Waals surface area contributed by atoms with Gasteiger partial charge < -0.3 is 9.47 Å². The molecular weight excluding hydrogens is 491 g/mol. The first-order valence-corrected chi connectivity index (χ1v) is 11.6. The molecule has 0 unspecified atom stereocenters. The maximum absolute atomic E-state index is 13.0. The summed E-state index contributed by atoms with van der Waals surface area (Å²) >= 11 is 7.62. The minimum Gasteiger partial charge on any atom is -0.487 e. The number of amides is 1. The number of likely N-dealkylation sites (N-methyl/N-ethyl adjacent to an activating group) is 1. The number of hydrogen-bond donors (Lipinski definition) is 0. The summed E-state index contributed by atoms with van der Waals surface area (Å²) in [5.74, 6) is -0.438. The molecular formula is C26H20ClFN2O4S. The number of rotatable bonds is 6. The lowest BCUT2D eigenvalue weighted by Crippen LogP contribution is -2.23. The summed E-state index contributed by atoms with van der Waals surface area (Å²) in [5.41, 5.74) is 2.57. The maximum Gasteiger partial charge on any atom is 0.337 e. The number of thioether (sulfide) groups is 1. The van der Waals surface area contributed by atoms with Gasteiger partial charge in [0.05, 0.1) is 28.3 Å². The van der Waals surface area contributed by atoms with E-state index in [9.17, 15) is 14.0 Å². The van der Waals surface area contributed by atoms with Gasteiger partial charge in [-0.2, -0.15) is 0 Å². The number of nitrogens with zero attached hydrogens (tertiary/aromatic N) is 2. The van der Waals surface area contributed by atoms with E-state index < -0.39 is 5.97 Å². The maximum atomic E-state index is 13.0. The van der Waals surface area contributed by atoms with Crippen LogP contribution < -0.4 is 4.74 Å². The van der Waals surface area contributed by atoms with Gasteiger partial charge in [0, 0.05) is 7.05 Å². The van der Waals surface area contributed by atoms with Crippen molar-refractivity contribution in [1.82, 2.24) is 4.90 Å². The fourth-order valence-electron chi connectivity index (χ4n) is 3.17. The van der Waals surface area contributed by atoms with Crippen LogP contribution in [0.1, 0.15) is 21.5 Å².